The molecule has 0 saturated carbocycles. The van der Waals surface area contributed by atoms with Crippen molar-refractivity contribution < 1.29 is 65.4 Å². The molecule has 4 heteroatoms. The van der Waals surface area contributed by atoms with Crippen molar-refractivity contribution in [2.45, 2.75) is 0 Å². The van der Waals surface area contributed by atoms with Gasteiger partial charge in [0.25, 0.3) is 0 Å². The summed E-state index contributed by atoms with van der Waals surface area (Å²) >= 11 is 0. The molecule has 0 rings (SSSR count). The van der Waals surface area contributed by atoms with Crippen LogP contribution in [0.5, 0.6) is 0 Å². The third kappa shape index (κ3) is 9.72. The molecule has 0 atom stereocenters. The number of rotatable bonds is 0. The van der Waals surface area contributed by atoms with Gasteiger partial charge in [-0.1, -0.05) is 0 Å². The SMILES string of the molecule is [Ba+2].[BiH3].[H-].[H-].[Nd].[Ti]. The Labute approximate surface area is 136 Å². The summed E-state index contributed by atoms with van der Waals surface area (Å²) in [4.78, 5) is 0. The third-order valence-corrected chi connectivity index (χ3v) is 0. The van der Waals surface area contributed by atoms with E-state index in [4.69, 9.17) is 0 Å². The van der Waals surface area contributed by atoms with Crippen molar-refractivity contribution in [3.63, 3.8) is 0 Å². The normalized spacial score (nSPS) is 0. The Bertz CT molecular complexity index is 13.5. The predicted octanol–water partition coefficient (Wildman–Crippen LogP) is -1.34. The van der Waals surface area contributed by atoms with Gasteiger partial charge in [-0.15, -0.1) is 0 Å². The van der Waals surface area contributed by atoms with Gasteiger partial charge in [-0.25, -0.2) is 0 Å². The molecule has 0 spiro atoms. The van der Waals surface area contributed by atoms with E-state index in [-0.39, 0.29) is 140 Å². The van der Waals surface area contributed by atoms with Crippen LogP contribution in [-0.2, 0) is 21.7 Å². The fourth-order valence-corrected chi connectivity index (χ4v) is 0. The molecule has 0 aromatic carbocycles. The Morgan fingerprint density at radius 1 is 1.25 bits per heavy atom. The van der Waals surface area contributed by atoms with E-state index in [0.29, 0.717) is 0 Å². The fraction of sp³-hybridized carbons (Fsp3) is 0. The zero-order chi connectivity index (χ0) is 0. The van der Waals surface area contributed by atoms with Crippen molar-refractivity contribution in [3.8, 4) is 0 Å². The van der Waals surface area contributed by atoms with Gasteiger partial charge in [0, 0.05) is 62.6 Å². The van der Waals surface area contributed by atoms with Crippen molar-refractivity contribution in [2.24, 2.45) is 0 Å². The molecule has 0 unspecified atom stereocenters. The Morgan fingerprint density at radius 2 is 1.25 bits per heavy atom. The predicted molar refractivity (Wildman–Crippen MR) is 17.9 cm³/mol. The standard InChI is InChI=1S/Ba.Bi.Nd.Ti.5H/q+2;;;;;;;2*-1. The summed E-state index contributed by atoms with van der Waals surface area (Å²) in [7, 11) is 0. The molecule has 0 N–H and O–H groups in total. The molecule has 0 heterocycles. The first-order chi connectivity index (χ1) is 0. The van der Waals surface area contributed by atoms with E-state index in [1.807, 2.05) is 0 Å². The van der Waals surface area contributed by atoms with Gasteiger partial charge >= 0.3 is 75.1 Å². The van der Waals surface area contributed by atoms with Crippen LogP contribution in [0, 0.1) is 40.8 Å². The zero-order valence-corrected chi connectivity index (χ0v) is 17.1. The molecule has 0 fully saturated rings. The molecule has 0 aliphatic rings. The minimum absolute atomic E-state index is 0. The van der Waals surface area contributed by atoms with E-state index < -0.39 is 0 Å². The van der Waals surface area contributed by atoms with E-state index in [1.165, 1.54) is 0 Å². The van der Waals surface area contributed by atoms with E-state index >= 15 is 0 Å². The number of hydrogen-bond acceptors (Lipinski definition) is 0. The summed E-state index contributed by atoms with van der Waals surface area (Å²) in [5.41, 5.74) is 0. The van der Waals surface area contributed by atoms with Gasteiger partial charge in [-0.05, 0) is 0 Å². The summed E-state index contributed by atoms with van der Waals surface area (Å²) in [6.07, 6.45) is 0. The van der Waals surface area contributed by atoms with Crippen molar-refractivity contribution in [2.75, 3.05) is 0 Å². The first-order valence-corrected chi connectivity index (χ1v) is 0. The van der Waals surface area contributed by atoms with Crippen LogP contribution in [0.2, 0.25) is 0 Å². The molecule has 0 aromatic heterocycles. The summed E-state index contributed by atoms with van der Waals surface area (Å²) in [6, 6.07) is 0. The fourth-order valence-electron chi connectivity index (χ4n) is 0. The summed E-state index contributed by atoms with van der Waals surface area (Å²) in [5.74, 6) is 0. The first-order valence-electron chi connectivity index (χ1n) is 0. The quantitative estimate of drug-likeness (QED) is 0.332. The number of hydrogen-bond donors (Lipinski definition) is 0. The zero-order valence-electron chi connectivity index (χ0n) is 4.41. The second-order valence-electron chi connectivity index (χ2n) is 0. The Hall–Kier alpha value is 4.52. The maximum atomic E-state index is 0. The van der Waals surface area contributed by atoms with Crippen molar-refractivity contribution in [1.29, 1.82) is 0 Å². The molecule has 0 nitrogen and oxygen atoms in total. The summed E-state index contributed by atoms with van der Waals surface area (Å²) < 4.78 is 0. The van der Waals surface area contributed by atoms with Crippen LogP contribution in [0.15, 0.2) is 0 Å². The average molecular weight is 543 g/mol. The van der Waals surface area contributed by atoms with Gasteiger partial charge in [0.2, 0.25) is 0 Å². The van der Waals surface area contributed by atoms with Gasteiger partial charge in [-0.2, -0.15) is 0 Å². The van der Waals surface area contributed by atoms with Gasteiger partial charge in [0.05, 0.1) is 0 Å². The molecular formula is H5BaBiNdTi. The second kappa shape index (κ2) is 15.6. The van der Waals surface area contributed by atoms with Crippen LogP contribution in [0.25, 0.3) is 0 Å². The first kappa shape index (κ1) is 23.6. The van der Waals surface area contributed by atoms with Crippen LogP contribution in [-0.4, -0.2) is 75.1 Å². The Kier molecular flexibility index (Phi) is 92.3. The van der Waals surface area contributed by atoms with Gasteiger partial charge in [-0.3, -0.25) is 0 Å². The monoisotopic (exact) mass is 542 g/mol. The van der Waals surface area contributed by atoms with Crippen LogP contribution in [0.1, 0.15) is 2.85 Å². The maximum Gasteiger partial charge on any atom is 0 e. The Morgan fingerprint density at radius 3 is 1.25 bits per heavy atom. The minimum Gasteiger partial charge on any atom is -1.00 e. The third-order valence-electron chi connectivity index (χ3n) is 0. The van der Waals surface area contributed by atoms with Gasteiger partial charge in [0.1, 0.15) is 0 Å². The van der Waals surface area contributed by atoms with Crippen LogP contribution >= 0.6 is 0 Å². The molecule has 20 valence electrons. The summed E-state index contributed by atoms with van der Waals surface area (Å²) in [5, 5.41) is 0. The molecule has 0 aliphatic heterocycles. The molecule has 0 bridgehead atoms. The molecule has 0 radical (unpaired) electrons. The topological polar surface area (TPSA) is 0 Å². The molecule has 0 saturated heterocycles. The average Bonchev–Trinajstić information content (AvgIpc) is 0. The molecule has 0 amide bonds. The Balaban J connectivity index is 0. The van der Waals surface area contributed by atoms with E-state index in [9.17, 15) is 0 Å². The molecular weight excluding hydrogens is 538 g/mol. The molecule has 4 heavy (non-hydrogen) atoms. The van der Waals surface area contributed by atoms with Gasteiger partial charge < -0.3 is 2.85 Å². The largest absolute Gasteiger partial charge is 1.00 e. The minimum atomic E-state index is 0. The second-order valence-corrected chi connectivity index (χ2v) is 0. The van der Waals surface area contributed by atoms with Crippen molar-refractivity contribution in [1.82, 2.24) is 0 Å². The van der Waals surface area contributed by atoms with E-state index in [0.717, 1.165) is 0 Å². The van der Waals surface area contributed by atoms with E-state index in [2.05, 4.69) is 0 Å². The van der Waals surface area contributed by atoms with Crippen molar-refractivity contribution in [3.05, 3.63) is 0 Å². The van der Waals surface area contributed by atoms with Crippen molar-refractivity contribution >= 4 is 75.1 Å². The van der Waals surface area contributed by atoms with Crippen LogP contribution < -0.4 is 0 Å². The van der Waals surface area contributed by atoms with Crippen LogP contribution in [0.3, 0.4) is 0 Å². The van der Waals surface area contributed by atoms with E-state index in [1.54, 1.807) is 0 Å². The van der Waals surface area contributed by atoms with Gasteiger partial charge in [0.15, 0.2) is 0 Å². The van der Waals surface area contributed by atoms with Crippen LogP contribution in [0.4, 0.5) is 0 Å². The summed E-state index contributed by atoms with van der Waals surface area (Å²) in [6.45, 7) is 0. The molecule has 0 aliphatic carbocycles. The maximum absolute atomic E-state index is 0. The molecule has 0 aromatic rings. The smallest absolute Gasteiger partial charge is 0 e.